The van der Waals surface area contributed by atoms with Gasteiger partial charge in [-0.05, 0) is 0 Å². The van der Waals surface area contributed by atoms with Gasteiger partial charge in [-0.2, -0.15) is 0 Å². The molecule has 1 heterocycles. The van der Waals surface area contributed by atoms with Crippen molar-refractivity contribution in [1.29, 1.82) is 0 Å². The van der Waals surface area contributed by atoms with E-state index in [2.05, 4.69) is 9.98 Å². The molecular formula is C5H10N2. The summed E-state index contributed by atoms with van der Waals surface area (Å²) in [6.07, 6.45) is 3.39. The molecule has 0 unspecified atom stereocenters. The molecule has 7 heavy (non-hydrogen) atoms. The van der Waals surface area contributed by atoms with Crippen LogP contribution in [0.5, 0.6) is 0 Å². The highest BCUT2D eigenvalue weighted by Crippen LogP contribution is 1.72. The maximum absolute atomic E-state index is 3.74. The molecule has 0 bridgehead atoms. The first kappa shape index (κ1) is 6.34. The van der Waals surface area contributed by atoms with Gasteiger partial charge in [-0.1, -0.05) is 13.8 Å². The predicted molar refractivity (Wildman–Crippen MR) is 33.2 cm³/mol. The quantitative estimate of drug-likeness (QED) is 0.434. The van der Waals surface area contributed by atoms with Gasteiger partial charge in [0.15, 0.2) is 0 Å². The minimum atomic E-state index is 0.639. The van der Waals surface area contributed by atoms with E-state index in [4.69, 9.17) is 0 Å². The van der Waals surface area contributed by atoms with Crippen LogP contribution in [-0.4, -0.2) is 19.1 Å². The number of rotatable bonds is 0. The van der Waals surface area contributed by atoms with Gasteiger partial charge in [0.05, 0.1) is 0 Å². The van der Waals surface area contributed by atoms with E-state index in [1.807, 2.05) is 13.8 Å². The van der Waals surface area contributed by atoms with E-state index in [1.54, 1.807) is 12.4 Å². The zero-order valence-corrected chi connectivity index (χ0v) is 4.76. The highest BCUT2D eigenvalue weighted by atomic mass is 14.9. The van der Waals surface area contributed by atoms with Crippen LogP contribution in [0.15, 0.2) is 9.98 Å². The van der Waals surface area contributed by atoms with Crippen LogP contribution in [0.3, 0.4) is 0 Å². The molecule has 1 aliphatic heterocycles. The smallest absolute Gasteiger partial charge is 0.129 e. The molecule has 0 saturated carbocycles. The van der Waals surface area contributed by atoms with E-state index in [1.165, 1.54) is 0 Å². The minimum Gasteiger partial charge on any atom is -0.268 e. The Morgan fingerprint density at radius 2 is 1.57 bits per heavy atom. The van der Waals surface area contributed by atoms with Crippen LogP contribution < -0.4 is 0 Å². The molecule has 2 heteroatoms. The lowest BCUT2D eigenvalue weighted by atomic mass is 10.9. The van der Waals surface area contributed by atoms with Gasteiger partial charge < -0.3 is 0 Å². The fraction of sp³-hybridized carbons (Fsp3) is 0.600. The first-order valence-electron chi connectivity index (χ1n) is 2.48. The van der Waals surface area contributed by atoms with E-state index in [-0.39, 0.29) is 0 Å². The number of nitrogens with zero attached hydrogens (tertiary/aromatic N) is 2. The predicted octanol–water partition coefficient (Wildman–Crippen LogP) is 1.13. The van der Waals surface area contributed by atoms with Gasteiger partial charge in [-0.3, -0.25) is 9.98 Å². The van der Waals surface area contributed by atoms with Crippen molar-refractivity contribution in [2.24, 2.45) is 9.98 Å². The van der Waals surface area contributed by atoms with E-state index < -0.39 is 0 Å². The van der Waals surface area contributed by atoms with Gasteiger partial charge in [-0.15, -0.1) is 0 Å². The second-order valence-electron chi connectivity index (χ2n) is 0.805. The summed E-state index contributed by atoms with van der Waals surface area (Å²) in [6, 6.07) is 0. The molecule has 0 saturated heterocycles. The average molecular weight is 98.1 g/mol. The summed E-state index contributed by atoms with van der Waals surface area (Å²) in [7, 11) is 0. The standard InChI is InChI=1S/C3H4N2.C2H6/c1-2-5-3-4-1;1-2/h1-2H,3H2;1-2H3. The molecular weight excluding hydrogens is 88.1 g/mol. The Morgan fingerprint density at radius 3 is 1.71 bits per heavy atom. The fourth-order valence-corrected chi connectivity index (χ4v) is 0.236. The van der Waals surface area contributed by atoms with Crippen LogP contribution in [0.2, 0.25) is 0 Å². The van der Waals surface area contributed by atoms with Crippen molar-refractivity contribution >= 4 is 12.4 Å². The third-order valence-electron chi connectivity index (χ3n) is 0.441. The lowest BCUT2D eigenvalue weighted by Gasteiger charge is -1.61. The lowest BCUT2D eigenvalue weighted by Crippen LogP contribution is -1.56. The third kappa shape index (κ3) is 3.16. The van der Waals surface area contributed by atoms with Crippen molar-refractivity contribution in [1.82, 2.24) is 0 Å². The molecule has 0 atom stereocenters. The van der Waals surface area contributed by atoms with Crippen LogP contribution in [0, 0.1) is 0 Å². The summed E-state index contributed by atoms with van der Waals surface area (Å²) in [5.41, 5.74) is 0. The van der Waals surface area contributed by atoms with Crippen LogP contribution in [0.1, 0.15) is 13.8 Å². The average Bonchev–Trinajstić information content (AvgIpc) is 2.23. The molecule has 40 valence electrons. The number of aliphatic imine (C=N–C) groups is 2. The van der Waals surface area contributed by atoms with Crippen LogP contribution >= 0.6 is 0 Å². The molecule has 0 amide bonds. The van der Waals surface area contributed by atoms with Gasteiger partial charge in [0.2, 0.25) is 0 Å². The van der Waals surface area contributed by atoms with Crippen molar-refractivity contribution in [2.75, 3.05) is 6.67 Å². The highest BCUT2D eigenvalue weighted by Gasteiger charge is 1.72. The van der Waals surface area contributed by atoms with Crippen molar-refractivity contribution in [3.63, 3.8) is 0 Å². The molecule has 0 aliphatic carbocycles. The van der Waals surface area contributed by atoms with Crippen LogP contribution in [0.4, 0.5) is 0 Å². The lowest BCUT2D eigenvalue weighted by molar-refractivity contribution is 1.11. The summed E-state index contributed by atoms with van der Waals surface area (Å²) in [6.45, 7) is 4.64. The van der Waals surface area contributed by atoms with E-state index >= 15 is 0 Å². The van der Waals surface area contributed by atoms with E-state index in [0.29, 0.717) is 6.67 Å². The maximum Gasteiger partial charge on any atom is 0.129 e. The fourth-order valence-electron chi connectivity index (χ4n) is 0.236. The number of hydrogen-bond donors (Lipinski definition) is 0. The topological polar surface area (TPSA) is 24.7 Å². The first-order valence-corrected chi connectivity index (χ1v) is 2.48. The Labute approximate surface area is 44.0 Å². The summed E-state index contributed by atoms with van der Waals surface area (Å²) in [5.74, 6) is 0. The molecule has 0 spiro atoms. The molecule has 0 fully saturated rings. The van der Waals surface area contributed by atoms with Crippen molar-refractivity contribution in [2.45, 2.75) is 13.8 Å². The summed E-state index contributed by atoms with van der Waals surface area (Å²) in [5, 5.41) is 0. The Kier molecular flexibility index (Phi) is 4.84. The Balaban J connectivity index is 0.000000162. The molecule has 0 aromatic rings. The largest absolute Gasteiger partial charge is 0.268 e. The van der Waals surface area contributed by atoms with Crippen molar-refractivity contribution < 1.29 is 0 Å². The zero-order valence-electron chi connectivity index (χ0n) is 4.76. The molecule has 0 radical (unpaired) electrons. The Morgan fingerprint density at radius 1 is 1.14 bits per heavy atom. The van der Waals surface area contributed by atoms with Gasteiger partial charge in [0, 0.05) is 12.4 Å². The van der Waals surface area contributed by atoms with Gasteiger partial charge in [0.25, 0.3) is 0 Å². The maximum atomic E-state index is 3.74. The Bertz CT molecular complexity index is 64.1. The summed E-state index contributed by atoms with van der Waals surface area (Å²) in [4.78, 5) is 7.47. The second-order valence-corrected chi connectivity index (χ2v) is 0.805. The molecule has 1 aliphatic rings. The molecule has 2 nitrogen and oxygen atoms in total. The number of hydrogen-bond acceptors (Lipinski definition) is 2. The third-order valence-corrected chi connectivity index (χ3v) is 0.441. The summed E-state index contributed by atoms with van der Waals surface area (Å²) < 4.78 is 0. The first-order chi connectivity index (χ1) is 3.50. The molecule has 0 aromatic carbocycles. The molecule has 0 N–H and O–H groups in total. The van der Waals surface area contributed by atoms with Gasteiger partial charge in [-0.25, -0.2) is 0 Å². The van der Waals surface area contributed by atoms with Crippen molar-refractivity contribution in [3.8, 4) is 0 Å². The van der Waals surface area contributed by atoms with E-state index in [0.717, 1.165) is 0 Å². The normalized spacial score (nSPS) is 13.4. The Hall–Kier alpha value is -0.660. The SMILES string of the molecule is C1=NCN=C1.CC. The van der Waals surface area contributed by atoms with Gasteiger partial charge in [0.1, 0.15) is 6.67 Å². The second kappa shape index (κ2) is 5.34. The highest BCUT2D eigenvalue weighted by molar-refractivity contribution is 6.17. The summed E-state index contributed by atoms with van der Waals surface area (Å²) >= 11 is 0. The zero-order chi connectivity index (χ0) is 5.54. The monoisotopic (exact) mass is 98.1 g/mol. The van der Waals surface area contributed by atoms with Crippen LogP contribution in [-0.2, 0) is 0 Å². The van der Waals surface area contributed by atoms with E-state index in [9.17, 15) is 0 Å². The molecule has 0 aromatic heterocycles. The van der Waals surface area contributed by atoms with Gasteiger partial charge >= 0.3 is 0 Å². The van der Waals surface area contributed by atoms with Crippen molar-refractivity contribution in [3.05, 3.63) is 0 Å². The molecule has 1 rings (SSSR count). The van der Waals surface area contributed by atoms with Crippen LogP contribution in [0.25, 0.3) is 0 Å². The minimum absolute atomic E-state index is 0.639.